The number of fused-ring (bicyclic) bond motifs is 1. The fourth-order valence-corrected chi connectivity index (χ4v) is 5.97. The Labute approximate surface area is 249 Å². The lowest BCUT2D eigenvalue weighted by atomic mass is 9.83. The van der Waals surface area contributed by atoms with E-state index in [1.807, 2.05) is 7.05 Å². The molecule has 0 bridgehead atoms. The highest BCUT2D eigenvalue weighted by Gasteiger charge is 2.32. The Kier molecular flexibility index (Phi) is 9.61. The molecule has 2 N–H and O–H groups in total. The van der Waals surface area contributed by atoms with Crippen LogP contribution in [0.1, 0.15) is 36.2 Å². The highest BCUT2D eigenvalue weighted by molar-refractivity contribution is 7.90. The minimum absolute atomic E-state index is 0.0661. The summed E-state index contributed by atoms with van der Waals surface area (Å²) >= 11 is 0. The monoisotopic (exact) mass is 619 g/mol. The van der Waals surface area contributed by atoms with Crippen molar-refractivity contribution in [2.75, 3.05) is 45.4 Å². The number of nitrogens with zero attached hydrogens (tertiary/aromatic N) is 3. The number of carbonyl (C=O) groups excluding carboxylic acids is 1. The Balaban J connectivity index is 1.65. The smallest absolute Gasteiger partial charge is 0.406 e. The molecule has 0 saturated carbocycles. The molecule has 1 saturated heterocycles. The summed E-state index contributed by atoms with van der Waals surface area (Å²) in [6, 6.07) is 7.34. The molecule has 4 rings (SSSR count). The SMILES string of the molecule is COc1ccc(S(C)(=O)=O)cc1NCC#Cc1cc(C(=O)NC2CCN(C)CC2C(C)C)c2ncn(CC(F)(F)F)c2c1. The summed E-state index contributed by atoms with van der Waals surface area (Å²) in [5, 5.41) is 6.14. The summed E-state index contributed by atoms with van der Waals surface area (Å²) < 4.78 is 70.2. The fourth-order valence-electron chi connectivity index (χ4n) is 5.32. The molecule has 0 spiro atoms. The lowest BCUT2D eigenvalue weighted by Gasteiger charge is -2.39. The number of alkyl halides is 3. The Hall–Kier alpha value is -3.76. The number of aromatic nitrogens is 2. The molecular formula is C30H36F3N5O4S. The van der Waals surface area contributed by atoms with E-state index < -0.39 is 28.5 Å². The normalized spacial score (nSPS) is 17.9. The third-order valence-electron chi connectivity index (χ3n) is 7.55. The highest BCUT2D eigenvalue weighted by Crippen LogP contribution is 2.29. The number of hydrogen-bond donors (Lipinski definition) is 2. The molecule has 1 amide bonds. The molecule has 13 heteroatoms. The van der Waals surface area contributed by atoms with Gasteiger partial charge in [0.05, 0.1) is 41.6 Å². The first-order valence-corrected chi connectivity index (χ1v) is 15.7. The fraction of sp³-hybridized carbons (Fsp3) is 0.467. The van der Waals surface area contributed by atoms with Crippen LogP contribution in [-0.2, 0) is 16.4 Å². The van der Waals surface area contributed by atoms with Crippen LogP contribution in [0.4, 0.5) is 18.9 Å². The van der Waals surface area contributed by atoms with Gasteiger partial charge in [0.25, 0.3) is 5.91 Å². The number of methoxy groups -OCH3 is 1. The molecule has 2 unspecified atom stereocenters. The van der Waals surface area contributed by atoms with E-state index in [2.05, 4.69) is 46.2 Å². The number of imidazole rings is 1. The van der Waals surface area contributed by atoms with E-state index in [9.17, 15) is 26.4 Å². The molecular weight excluding hydrogens is 583 g/mol. The number of nitrogens with one attached hydrogen (secondary N) is 2. The third-order valence-corrected chi connectivity index (χ3v) is 8.66. The first kappa shape index (κ1) is 32.2. The van der Waals surface area contributed by atoms with Gasteiger partial charge in [0.15, 0.2) is 9.84 Å². The number of amides is 1. The van der Waals surface area contributed by atoms with Gasteiger partial charge in [-0.2, -0.15) is 13.2 Å². The summed E-state index contributed by atoms with van der Waals surface area (Å²) in [6.45, 7) is 4.67. The number of benzene rings is 2. The van der Waals surface area contributed by atoms with Crippen molar-refractivity contribution in [3.63, 3.8) is 0 Å². The first-order valence-electron chi connectivity index (χ1n) is 13.8. The van der Waals surface area contributed by atoms with E-state index in [0.717, 1.165) is 36.7 Å². The Bertz CT molecular complexity index is 1660. The Morgan fingerprint density at radius 2 is 1.98 bits per heavy atom. The van der Waals surface area contributed by atoms with Crippen LogP contribution in [0, 0.1) is 23.7 Å². The summed E-state index contributed by atoms with van der Waals surface area (Å²) in [6.07, 6.45) is -1.55. The number of ether oxygens (including phenoxy) is 1. The van der Waals surface area contributed by atoms with Gasteiger partial charge in [-0.3, -0.25) is 4.79 Å². The Morgan fingerprint density at radius 1 is 1.23 bits per heavy atom. The van der Waals surface area contributed by atoms with Crippen LogP contribution in [0.25, 0.3) is 11.0 Å². The number of anilines is 1. The number of carbonyl (C=O) groups is 1. The maximum absolute atomic E-state index is 13.6. The quantitative estimate of drug-likeness (QED) is 0.365. The second kappa shape index (κ2) is 12.9. The second-order valence-electron chi connectivity index (χ2n) is 11.2. The van der Waals surface area contributed by atoms with Crippen LogP contribution >= 0.6 is 0 Å². The van der Waals surface area contributed by atoms with Crippen molar-refractivity contribution < 1.29 is 31.1 Å². The van der Waals surface area contributed by atoms with Crippen molar-refractivity contribution in [2.24, 2.45) is 11.8 Å². The average molecular weight is 620 g/mol. The topological polar surface area (TPSA) is 106 Å². The molecule has 1 aliphatic rings. The molecule has 3 aromatic rings. The van der Waals surface area contributed by atoms with Gasteiger partial charge < -0.3 is 24.8 Å². The maximum Gasteiger partial charge on any atom is 0.406 e. The van der Waals surface area contributed by atoms with E-state index in [-0.39, 0.29) is 40.0 Å². The van der Waals surface area contributed by atoms with Crippen LogP contribution in [0.2, 0.25) is 0 Å². The average Bonchev–Trinajstić information content (AvgIpc) is 3.31. The molecule has 43 heavy (non-hydrogen) atoms. The van der Waals surface area contributed by atoms with Crippen molar-refractivity contribution in [3.8, 4) is 17.6 Å². The zero-order valence-corrected chi connectivity index (χ0v) is 25.6. The van der Waals surface area contributed by atoms with E-state index in [1.54, 1.807) is 6.07 Å². The predicted octanol–water partition coefficient (Wildman–Crippen LogP) is 4.18. The van der Waals surface area contributed by atoms with Crippen LogP contribution < -0.4 is 15.4 Å². The Morgan fingerprint density at radius 3 is 2.63 bits per heavy atom. The van der Waals surface area contributed by atoms with Crippen molar-refractivity contribution >= 4 is 32.5 Å². The van der Waals surface area contributed by atoms with Gasteiger partial charge in [-0.25, -0.2) is 13.4 Å². The minimum atomic E-state index is -4.49. The number of rotatable bonds is 8. The van der Waals surface area contributed by atoms with Crippen LogP contribution in [0.15, 0.2) is 41.6 Å². The standard InChI is InChI=1S/C30H36F3N5O4S/c1-19(2)23-16-37(3)12-10-24(23)36-29(39)22-13-20(14-26-28(22)35-18-38(26)17-30(31,32)33)7-6-11-34-25-15-21(43(5,40)41)8-9-27(25)42-4/h8-9,13-15,18-19,23-24,34H,10-12,16-17H2,1-5H3,(H,36,39). The molecule has 1 aromatic heterocycles. The van der Waals surface area contributed by atoms with Crippen LogP contribution in [-0.4, -0.2) is 81.0 Å². The maximum atomic E-state index is 13.6. The van der Waals surface area contributed by atoms with Gasteiger partial charge in [-0.15, -0.1) is 0 Å². The second-order valence-corrected chi connectivity index (χ2v) is 13.2. The summed E-state index contributed by atoms with van der Waals surface area (Å²) in [5.41, 5.74) is 1.22. The van der Waals surface area contributed by atoms with E-state index in [1.165, 1.54) is 31.4 Å². The summed E-state index contributed by atoms with van der Waals surface area (Å²) in [7, 11) is 0.0415. The van der Waals surface area contributed by atoms with Crippen LogP contribution in [0.3, 0.4) is 0 Å². The molecule has 2 atom stereocenters. The van der Waals surface area contributed by atoms with Crippen molar-refractivity contribution in [2.45, 2.75) is 43.9 Å². The van der Waals surface area contributed by atoms with Crippen molar-refractivity contribution in [1.29, 1.82) is 0 Å². The van der Waals surface area contributed by atoms with Crippen molar-refractivity contribution in [1.82, 2.24) is 19.8 Å². The van der Waals surface area contributed by atoms with Crippen LogP contribution in [0.5, 0.6) is 5.75 Å². The number of halogens is 3. The van der Waals surface area contributed by atoms with Gasteiger partial charge in [0, 0.05) is 24.4 Å². The summed E-state index contributed by atoms with van der Waals surface area (Å²) in [5.74, 6) is 6.37. The molecule has 0 radical (unpaired) electrons. The predicted molar refractivity (Wildman–Crippen MR) is 159 cm³/mol. The van der Waals surface area contributed by atoms with Gasteiger partial charge in [0.2, 0.25) is 0 Å². The van der Waals surface area contributed by atoms with Gasteiger partial charge in [-0.1, -0.05) is 25.7 Å². The van der Waals surface area contributed by atoms with E-state index >= 15 is 0 Å². The van der Waals surface area contributed by atoms with Gasteiger partial charge in [0.1, 0.15) is 17.8 Å². The lowest BCUT2D eigenvalue weighted by Crippen LogP contribution is -2.51. The molecule has 1 fully saturated rings. The van der Waals surface area contributed by atoms with E-state index in [4.69, 9.17) is 4.74 Å². The van der Waals surface area contributed by atoms with Gasteiger partial charge in [-0.05, 0) is 62.2 Å². The number of hydrogen-bond acceptors (Lipinski definition) is 7. The van der Waals surface area contributed by atoms with Gasteiger partial charge >= 0.3 is 6.18 Å². The third kappa shape index (κ3) is 8.00. The summed E-state index contributed by atoms with van der Waals surface area (Å²) in [4.78, 5) is 20.1. The number of likely N-dealkylation sites (tertiary alicyclic amines) is 1. The number of sulfone groups is 1. The van der Waals surface area contributed by atoms with E-state index in [0.29, 0.717) is 22.9 Å². The van der Waals surface area contributed by atoms with Crippen molar-refractivity contribution in [3.05, 3.63) is 47.8 Å². The number of piperidine rings is 1. The zero-order valence-electron chi connectivity index (χ0n) is 24.7. The lowest BCUT2D eigenvalue weighted by molar-refractivity contribution is -0.139. The highest BCUT2D eigenvalue weighted by atomic mass is 32.2. The molecule has 232 valence electrons. The first-order chi connectivity index (χ1) is 20.2. The largest absolute Gasteiger partial charge is 0.495 e. The molecule has 0 aliphatic carbocycles. The minimum Gasteiger partial charge on any atom is -0.495 e. The molecule has 2 aromatic carbocycles. The molecule has 2 heterocycles. The molecule has 9 nitrogen and oxygen atoms in total. The zero-order chi connectivity index (χ0) is 31.5. The molecule has 1 aliphatic heterocycles.